The lowest BCUT2D eigenvalue weighted by atomic mass is 9.97. The molecule has 2 aromatic rings. The molecular formula is C16H18F3N3O3S. The second-order valence-corrected chi connectivity index (χ2v) is 7.36. The number of carbonyl (C=O) groups excluding carboxylic acids is 1. The Morgan fingerprint density at radius 1 is 1.46 bits per heavy atom. The van der Waals surface area contributed by atoms with Crippen LogP contribution in [-0.2, 0) is 11.3 Å². The van der Waals surface area contributed by atoms with Gasteiger partial charge in [0.25, 0.3) is 5.56 Å². The second kappa shape index (κ2) is 6.99. The van der Waals surface area contributed by atoms with Gasteiger partial charge >= 0.3 is 12.1 Å². The van der Waals surface area contributed by atoms with E-state index in [1.807, 2.05) is 0 Å². The number of fused-ring (bicyclic) bond motifs is 1. The van der Waals surface area contributed by atoms with Crippen LogP contribution in [0.1, 0.15) is 33.9 Å². The number of ether oxygens (including phenoxy) is 1. The molecule has 0 saturated carbocycles. The highest BCUT2D eigenvalue weighted by atomic mass is 32.1. The zero-order valence-corrected chi connectivity index (χ0v) is 15.1. The first-order valence-electron chi connectivity index (χ1n) is 8.10. The maximum Gasteiger partial charge on any atom is 0.393 e. The quantitative estimate of drug-likeness (QED) is 0.817. The van der Waals surface area contributed by atoms with E-state index in [9.17, 15) is 22.8 Å². The largest absolute Gasteiger partial charge is 0.465 e. The molecule has 3 rings (SSSR count). The Balaban J connectivity index is 1.87. The molecule has 2 aromatic heterocycles. The van der Waals surface area contributed by atoms with Crippen molar-refractivity contribution >= 4 is 27.5 Å². The van der Waals surface area contributed by atoms with E-state index in [4.69, 9.17) is 4.74 Å². The van der Waals surface area contributed by atoms with Gasteiger partial charge in [-0.25, -0.2) is 9.78 Å². The number of carbonyl (C=O) groups is 1. The Labute approximate surface area is 151 Å². The minimum absolute atomic E-state index is 0.109. The first kappa shape index (κ1) is 18.8. The number of aromatic nitrogens is 2. The van der Waals surface area contributed by atoms with Gasteiger partial charge in [0, 0.05) is 6.54 Å². The van der Waals surface area contributed by atoms with Gasteiger partial charge in [-0.2, -0.15) is 13.2 Å². The van der Waals surface area contributed by atoms with Crippen molar-refractivity contribution in [2.45, 2.75) is 32.5 Å². The van der Waals surface area contributed by atoms with Crippen LogP contribution in [0, 0.1) is 12.8 Å². The van der Waals surface area contributed by atoms with Crippen LogP contribution >= 0.6 is 11.3 Å². The summed E-state index contributed by atoms with van der Waals surface area (Å²) in [6.45, 7) is 2.18. The van der Waals surface area contributed by atoms with Gasteiger partial charge in [-0.15, -0.1) is 11.3 Å². The number of likely N-dealkylation sites (tertiary alicyclic amines) is 1. The molecule has 10 heteroatoms. The number of methoxy groups -OCH3 is 1. The molecule has 1 aliphatic rings. The summed E-state index contributed by atoms with van der Waals surface area (Å²) in [7, 11) is 1.25. The predicted octanol–water partition coefficient (Wildman–Crippen LogP) is 2.85. The van der Waals surface area contributed by atoms with Crippen molar-refractivity contribution < 1.29 is 22.7 Å². The lowest BCUT2D eigenvalue weighted by Gasteiger charge is -2.33. The molecule has 0 amide bonds. The third-order valence-electron chi connectivity index (χ3n) is 4.56. The van der Waals surface area contributed by atoms with Crippen LogP contribution in [0.25, 0.3) is 10.2 Å². The van der Waals surface area contributed by atoms with Crippen LogP contribution in [0.4, 0.5) is 13.2 Å². The number of alkyl halides is 3. The number of nitrogens with zero attached hydrogens (tertiary/aromatic N) is 2. The van der Waals surface area contributed by atoms with E-state index in [1.165, 1.54) is 7.11 Å². The average Bonchev–Trinajstić information content (AvgIpc) is 2.90. The minimum Gasteiger partial charge on any atom is -0.465 e. The molecule has 1 unspecified atom stereocenters. The fraction of sp³-hybridized carbons (Fsp3) is 0.562. The highest BCUT2D eigenvalue weighted by Gasteiger charge is 2.41. The molecule has 0 spiro atoms. The van der Waals surface area contributed by atoms with Gasteiger partial charge in [-0.3, -0.25) is 9.69 Å². The molecule has 142 valence electrons. The summed E-state index contributed by atoms with van der Waals surface area (Å²) in [4.78, 5) is 33.5. The highest BCUT2D eigenvalue weighted by molar-refractivity contribution is 7.20. The predicted molar refractivity (Wildman–Crippen MR) is 90.4 cm³/mol. The standard InChI is InChI=1S/C16H18F3N3O3S/c1-8-11-13(23)20-10(21-14(11)26-12(8)15(24)25-2)7-22-5-3-4-9(6-22)16(17,18)19/h9H,3-7H2,1-2H3,(H,20,21,23). The van der Waals surface area contributed by atoms with Gasteiger partial charge in [0.2, 0.25) is 0 Å². The van der Waals surface area contributed by atoms with Crippen molar-refractivity contribution in [2.24, 2.45) is 5.92 Å². The molecule has 26 heavy (non-hydrogen) atoms. The number of thiophene rings is 1. The summed E-state index contributed by atoms with van der Waals surface area (Å²) >= 11 is 1.05. The van der Waals surface area contributed by atoms with Crippen molar-refractivity contribution in [3.05, 3.63) is 26.6 Å². The van der Waals surface area contributed by atoms with Crippen molar-refractivity contribution in [1.82, 2.24) is 14.9 Å². The fourth-order valence-electron chi connectivity index (χ4n) is 3.23. The van der Waals surface area contributed by atoms with E-state index in [0.29, 0.717) is 39.4 Å². The summed E-state index contributed by atoms with van der Waals surface area (Å²) < 4.78 is 43.5. The summed E-state index contributed by atoms with van der Waals surface area (Å²) in [5, 5.41) is 0.311. The minimum atomic E-state index is -4.22. The van der Waals surface area contributed by atoms with Gasteiger partial charge in [0.1, 0.15) is 15.5 Å². The molecule has 3 heterocycles. The smallest absolute Gasteiger partial charge is 0.393 e. The zero-order chi connectivity index (χ0) is 19.1. The Morgan fingerprint density at radius 2 is 2.19 bits per heavy atom. The Morgan fingerprint density at radius 3 is 2.85 bits per heavy atom. The molecule has 0 aromatic carbocycles. The number of nitrogens with one attached hydrogen (secondary N) is 1. The SMILES string of the molecule is COC(=O)c1sc2nc(CN3CCCC(C(F)(F)F)C3)[nH]c(=O)c2c1C. The molecule has 1 atom stereocenters. The number of rotatable bonds is 3. The normalized spacial score (nSPS) is 19.0. The van der Waals surface area contributed by atoms with Crippen molar-refractivity contribution in [3.8, 4) is 0 Å². The summed E-state index contributed by atoms with van der Waals surface area (Å²) in [6, 6.07) is 0. The van der Waals surface area contributed by atoms with Gasteiger partial charge in [0.15, 0.2) is 0 Å². The number of aryl methyl sites for hydroxylation is 1. The van der Waals surface area contributed by atoms with Crippen LogP contribution in [0.2, 0.25) is 0 Å². The summed E-state index contributed by atoms with van der Waals surface area (Å²) in [5.41, 5.74) is 0.0885. The maximum atomic E-state index is 12.9. The number of piperidine rings is 1. The first-order valence-corrected chi connectivity index (χ1v) is 8.92. The number of esters is 1. The van der Waals surface area contributed by atoms with Crippen LogP contribution in [0.3, 0.4) is 0 Å². The monoisotopic (exact) mass is 389 g/mol. The lowest BCUT2D eigenvalue weighted by Crippen LogP contribution is -2.41. The van der Waals surface area contributed by atoms with Gasteiger partial charge in [0.05, 0.1) is 25.0 Å². The van der Waals surface area contributed by atoms with Gasteiger partial charge < -0.3 is 9.72 Å². The van der Waals surface area contributed by atoms with E-state index in [-0.39, 0.29) is 19.5 Å². The van der Waals surface area contributed by atoms with E-state index < -0.39 is 23.6 Å². The molecule has 6 nitrogen and oxygen atoms in total. The summed E-state index contributed by atoms with van der Waals surface area (Å²) in [5.74, 6) is -1.61. The van der Waals surface area contributed by atoms with Crippen LogP contribution in [0.5, 0.6) is 0 Å². The van der Waals surface area contributed by atoms with Crippen LogP contribution in [-0.4, -0.2) is 47.2 Å². The number of aromatic amines is 1. The number of H-pyrrole nitrogens is 1. The number of halogens is 3. The molecule has 0 radical (unpaired) electrons. The van der Waals surface area contributed by atoms with E-state index in [1.54, 1.807) is 11.8 Å². The molecule has 1 fully saturated rings. The van der Waals surface area contributed by atoms with Crippen LogP contribution < -0.4 is 5.56 Å². The Bertz CT molecular complexity index is 890. The molecular weight excluding hydrogens is 371 g/mol. The topological polar surface area (TPSA) is 75.3 Å². The lowest BCUT2D eigenvalue weighted by molar-refractivity contribution is -0.187. The molecule has 1 aliphatic heterocycles. The zero-order valence-electron chi connectivity index (χ0n) is 14.3. The van der Waals surface area contributed by atoms with E-state index in [0.717, 1.165) is 11.3 Å². The fourth-order valence-corrected chi connectivity index (χ4v) is 4.35. The Kier molecular flexibility index (Phi) is 5.07. The van der Waals surface area contributed by atoms with E-state index in [2.05, 4.69) is 9.97 Å². The number of hydrogen-bond donors (Lipinski definition) is 1. The van der Waals surface area contributed by atoms with Crippen molar-refractivity contribution in [3.63, 3.8) is 0 Å². The van der Waals surface area contributed by atoms with Crippen LogP contribution in [0.15, 0.2) is 4.79 Å². The molecule has 1 saturated heterocycles. The van der Waals surface area contributed by atoms with Gasteiger partial charge in [-0.05, 0) is 31.9 Å². The second-order valence-electron chi connectivity index (χ2n) is 6.36. The molecule has 0 aliphatic carbocycles. The van der Waals surface area contributed by atoms with Gasteiger partial charge in [-0.1, -0.05) is 0 Å². The maximum absolute atomic E-state index is 12.9. The Hall–Kier alpha value is -1.94. The molecule has 0 bridgehead atoms. The highest BCUT2D eigenvalue weighted by Crippen LogP contribution is 2.33. The number of hydrogen-bond acceptors (Lipinski definition) is 6. The average molecular weight is 389 g/mol. The third kappa shape index (κ3) is 3.61. The third-order valence-corrected chi connectivity index (χ3v) is 5.73. The van der Waals surface area contributed by atoms with E-state index >= 15 is 0 Å². The molecule has 1 N–H and O–H groups in total. The van der Waals surface area contributed by atoms with Crippen molar-refractivity contribution in [2.75, 3.05) is 20.2 Å². The summed E-state index contributed by atoms with van der Waals surface area (Å²) in [6.07, 6.45) is -3.65. The van der Waals surface area contributed by atoms with Crippen molar-refractivity contribution in [1.29, 1.82) is 0 Å². The first-order chi connectivity index (χ1) is 12.2.